The molecule has 1 spiro atoms. The number of benzene rings is 8. The Balaban J connectivity index is 1.18. The summed E-state index contributed by atoms with van der Waals surface area (Å²) in [7, 11) is 0. The highest BCUT2D eigenvalue weighted by atomic mass is 15.0. The molecule has 9 aromatic rings. The number of aromatic nitrogens is 3. The molecule has 2 aliphatic rings. The molecule has 284 valence electrons. The molecule has 1 aromatic heterocycles. The Morgan fingerprint density at radius 1 is 0.339 bits per heavy atom. The lowest BCUT2D eigenvalue weighted by Gasteiger charge is -2.33. The first-order valence-corrected chi connectivity index (χ1v) is 20.8. The van der Waals surface area contributed by atoms with Crippen molar-refractivity contribution >= 4 is 21.5 Å². The molecule has 0 fully saturated rings. The second kappa shape index (κ2) is 12.6. The lowest BCUT2D eigenvalue weighted by Crippen LogP contribution is -2.27. The van der Waals surface area contributed by atoms with Gasteiger partial charge in [0.2, 0.25) is 0 Å². The van der Waals surface area contributed by atoms with E-state index in [1.54, 1.807) is 0 Å². The van der Waals surface area contributed by atoms with Crippen LogP contribution in [0.15, 0.2) is 164 Å². The maximum absolute atomic E-state index is 5.34. The zero-order valence-corrected chi connectivity index (χ0v) is 34.4. The van der Waals surface area contributed by atoms with Crippen molar-refractivity contribution in [2.75, 3.05) is 0 Å². The largest absolute Gasteiger partial charge is 0.208 e. The minimum Gasteiger partial charge on any atom is -0.208 e. The van der Waals surface area contributed by atoms with Gasteiger partial charge in [-0.05, 0) is 100 Å². The van der Waals surface area contributed by atoms with Crippen LogP contribution in [0.3, 0.4) is 0 Å². The number of nitrogens with zero attached hydrogens (tertiary/aromatic N) is 3. The first-order chi connectivity index (χ1) is 28.5. The van der Waals surface area contributed by atoms with E-state index in [0.717, 1.165) is 16.7 Å². The van der Waals surface area contributed by atoms with Crippen LogP contribution in [-0.2, 0) is 16.2 Å². The molecule has 2 aliphatic carbocycles. The Labute approximate surface area is 346 Å². The summed E-state index contributed by atoms with van der Waals surface area (Å²) in [5.74, 6) is 1.97. The SMILES string of the molecule is CC(C)(C)c1ccc2c(c1)C1(c3ccccc3-c3ccc(-c4nc(-c5ccccc5)nc(-c5ccc6ccc7ccccc7c6c5)n4)cc31)c1cc(C(C)(C)C)ccc1-2. The molecule has 0 aliphatic heterocycles. The van der Waals surface area contributed by atoms with E-state index in [1.165, 1.54) is 77.2 Å². The van der Waals surface area contributed by atoms with Crippen LogP contribution in [0, 0.1) is 0 Å². The van der Waals surface area contributed by atoms with Gasteiger partial charge in [0.15, 0.2) is 17.5 Å². The zero-order valence-electron chi connectivity index (χ0n) is 34.4. The molecule has 3 nitrogen and oxygen atoms in total. The van der Waals surface area contributed by atoms with Gasteiger partial charge in [0, 0.05) is 16.7 Å². The van der Waals surface area contributed by atoms with E-state index in [4.69, 9.17) is 15.0 Å². The molecule has 0 radical (unpaired) electrons. The molecule has 0 bridgehead atoms. The molecular formula is C56H45N3. The van der Waals surface area contributed by atoms with Gasteiger partial charge in [-0.3, -0.25) is 0 Å². The summed E-state index contributed by atoms with van der Waals surface area (Å²) in [6.07, 6.45) is 0. The van der Waals surface area contributed by atoms with Gasteiger partial charge in [0.1, 0.15) is 0 Å². The monoisotopic (exact) mass is 759 g/mol. The average molecular weight is 760 g/mol. The van der Waals surface area contributed by atoms with Crippen LogP contribution in [-0.4, -0.2) is 15.0 Å². The molecule has 0 amide bonds. The summed E-state index contributed by atoms with van der Waals surface area (Å²) in [5.41, 5.74) is 15.4. The number of rotatable bonds is 3. The maximum atomic E-state index is 5.34. The Hall–Kier alpha value is -6.71. The molecule has 11 rings (SSSR count). The molecule has 0 atom stereocenters. The fourth-order valence-corrected chi connectivity index (χ4v) is 9.75. The summed E-state index contributed by atoms with van der Waals surface area (Å²) in [4.78, 5) is 15.8. The lowest BCUT2D eigenvalue weighted by molar-refractivity contribution is 0.586. The van der Waals surface area contributed by atoms with Crippen LogP contribution in [0.2, 0.25) is 0 Å². The van der Waals surface area contributed by atoms with E-state index in [1.807, 2.05) is 18.2 Å². The summed E-state index contributed by atoms with van der Waals surface area (Å²) in [5, 5.41) is 4.80. The molecule has 0 saturated heterocycles. The lowest BCUT2D eigenvalue weighted by atomic mass is 9.68. The molecule has 1 heterocycles. The van der Waals surface area contributed by atoms with Gasteiger partial charge in [-0.25, -0.2) is 15.0 Å². The third-order valence-corrected chi connectivity index (χ3v) is 12.8. The molecular weight excluding hydrogens is 715 g/mol. The maximum Gasteiger partial charge on any atom is 0.164 e. The topological polar surface area (TPSA) is 38.7 Å². The van der Waals surface area contributed by atoms with Gasteiger partial charge in [-0.1, -0.05) is 193 Å². The third-order valence-electron chi connectivity index (χ3n) is 12.8. The van der Waals surface area contributed by atoms with Crippen LogP contribution >= 0.6 is 0 Å². The zero-order chi connectivity index (χ0) is 40.3. The molecule has 0 unspecified atom stereocenters. The number of hydrogen-bond donors (Lipinski definition) is 0. The Bertz CT molecular complexity index is 3120. The number of hydrogen-bond acceptors (Lipinski definition) is 3. The van der Waals surface area contributed by atoms with Crippen molar-refractivity contribution in [2.45, 2.75) is 57.8 Å². The van der Waals surface area contributed by atoms with Gasteiger partial charge in [-0.2, -0.15) is 0 Å². The van der Waals surface area contributed by atoms with Gasteiger partial charge in [0.25, 0.3) is 0 Å². The van der Waals surface area contributed by atoms with E-state index in [9.17, 15) is 0 Å². The third kappa shape index (κ3) is 5.37. The van der Waals surface area contributed by atoms with Gasteiger partial charge in [0.05, 0.1) is 5.41 Å². The summed E-state index contributed by atoms with van der Waals surface area (Å²) in [6, 6.07) is 60.2. The Morgan fingerprint density at radius 3 is 1.44 bits per heavy atom. The highest BCUT2D eigenvalue weighted by Crippen LogP contribution is 2.63. The predicted octanol–water partition coefficient (Wildman–Crippen LogP) is 14.1. The fourth-order valence-electron chi connectivity index (χ4n) is 9.75. The van der Waals surface area contributed by atoms with Crippen LogP contribution in [0.25, 0.3) is 78.0 Å². The van der Waals surface area contributed by atoms with Gasteiger partial charge in [-0.15, -0.1) is 0 Å². The van der Waals surface area contributed by atoms with Crippen molar-refractivity contribution in [3.05, 3.63) is 197 Å². The second-order valence-corrected chi connectivity index (χ2v) is 18.5. The fraction of sp³-hybridized carbons (Fsp3) is 0.161. The van der Waals surface area contributed by atoms with Crippen LogP contribution in [0.4, 0.5) is 0 Å². The van der Waals surface area contributed by atoms with E-state index >= 15 is 0 Å². The molecule has 8 aromatic carbocycles. The smallest absolute Gasteiger partial charge is 0.164 e. The summed E-state index contributed by atoms with van der Waals surface area (Å²) >= 11 is 0. The van der Waals surface area contributed by atoms with Crippen molar-refractivity contribution in [1.29, 1.82) is 0 Å². The molecule has 0 saturated carbocycles. The quantitative estimate of drug-likeness (QED) is 0.168. The molecule has 59 heavy (non-hydrogen) atoms. The van der Waals surface area contributed by atoms with E-state index < -0.39 is 5.41 Å². The van der Waals surface area contributed by atoms with Crippen molar-refractivity contribution < 1.29 is 0 Å². The number of fused-ring (bicyclic) bond motifs is 13. The van der Waals surface area contributed by atoms with Crippen LogP contribution < -0.4 is 0 Å². The average Bonchev–Trinajstić information content (AvgIpc) is 3.72. The highest BCUT2D eigenvalue weighted by Gasteiger charge is 2.52. The van der Waals surface area contributed by atoms with E-state index in [2.05, 4.69) is 187 Å². The van der Waals surface area contributed by atoms with Crippen molar-refractivity contribution in [1.82, 2.24) is 15.0 Å². The highest BCUT2D eigenvalue weighted by molar-refractivity contribution is 6.08. The van der Waals surface area contributed by atoms with Gasteiger partial charge < -0.3 is 0 Å². The normalized spacial score (nSPS) is 13.7. The van der Waals surface area contributed by atoms with Crippen LogP contribution in [0.1, 0.15) is 74.9 Å². The summed E-state index contributed by atoms with van der Waals surface area (Å²) in [6.45, 7) is 13.9. The minimum absolute atomic E-state index is 0.0193. The molecule has 3 heteroatoms. The Morgan fingerprint density at radius 2 is 0.797 bits per heavy atom. The standard InChI is InChI=1S/C56H45N3/c1-54(2,3)39-25-28-44-45-29-26-40(55(4,5)6)33-50(45)56(49(44)32-39)47-19-13-12-18-42(47)43-27-24-38(31-48(43)56)53-58-51(36-15-8-7-9-16-36)57-52(59-53)37-23-22-35-21-20-34-14-10-11-17-41(34)46(35)30-37/h7-33H,1-6H3. The molecule has 0 N–H and O–H groups in total. The second-order valence-electron chi connectivity index (χ2n) is 18.5. The first-order valence-electron chi connectivity index (χ1n) is 20.8. The summed E-state index contributed by atoms with van der Waals surface area (Å²) < 4.78 is 0. The van der Waals surface area contributed by atoms with Crippen LogP contribution in [0.5, 0.6) is 0 Å². The Kier molecular flexibility index (Phi) is 7.60. The van der Waals surface area contributed by atoms with E-state index in [0.29, 0.717) is 17.5 Å². The predicted molar refractivity (Wildman–Crippen MR) is 245 cm³/mol. The first kappa shape index (κ1) is 35.5. The van der Waals surface area contributed by atoms with Crippen molar-refractivity contribution in [3.8, 4) is 56.4 Å². The van der Waals surface area contributed by atoms with Gasteiger partial charge >= 0.3 is 0 Å². The van der Waals surface area contributed by atoms with Crippen molar-refractivity contribution in [3.63, 3.8) is 0 Å². The van der Waals surface area contributed by atoms with Crippen molar-refractivity contribution in [2.24, 2.45) is 0 Å². The van der Waals surface area contributed by atoms with E-state index in [-0.39, 0.29) is 10.8 Å². The minimum atomic E-state index is -0.521.